The van der Waals surface area contributed by atoms with Crippen LogP contribution in [-0.2, 0) is 4.74 Å². The number of amides is 2. The second-order valence-electron chi connectivity index (χ2n) is 2.23. The van der Waals surface area contributed by atoms with E-state index in [1.54, 1.807) is 4.90 Å². The highest BCUT2D eigenvalue weighted by atomic mass is 16.5. The van der Waals surface area contributed by atoms with Crippen molar-refractivity contribution in [2.75, 3.05) is 26.3 Å². The van der Waals surface area contributed by atoms with Gasteiger partial charge >= 0.3 is 6.03 Å². The first kappa shape index (κ1) is 11.2. The highest BCUT2D eigenvalue weighted by molar-refractivity contribution is 5.73. The Morgan fingerprint density at radius 1 is 1.58 bits per heavy atom. The molecule has 0 aromatic carbocycles. The van der Waals surface area contributed by atoms with E-state index in [1.807, 2.05) is 13.8 Å². The van der Waals surface area contributed by atoms with E-state index in [9.17, 15) is 4.79 Å². The van der Waals surface area contributed by atoms with Gasteiger partial charge < -0.3 is 9.64 Å². The molecule has 0 fully saturated rings. The zero-order chi connectivity index (χ0) is 9.40. The number of nitrogens with two attached hydrogens (primary N) is 1. The van der Waals surface area contributed by atoms with Crippen LogP contribution in [0.15, 0.2) is 0 Å². The van der Waals surface area contributed by atoms with Crippen LogP contribution >= 0.6 is 0 Å². The van der Waals surface area contributed by atoms with Crippen LogP contribution in [0.25, 0.3) is 0 Å². The molecule has 0 spiro atoms. The summed E-state index contributed by atoms with van der Waals surface area (Å²) < 4.78 is 5.10. The summed E-state index contributed by atoms with van der Waals surface area (Å²) in [5.74, 6) is 4.97. The second kappa shape index (κ2) is 6.87. The van der Waals surface area contributed by atoms with Gasteiger partial charge in [0.25, 0.3) is 0 Å². The summed E-state index contributed by atoms with van der Waals surface area (Å²) in [5.41, 5.74) is 2.07. The predicted octanol–water partition coefficient (Wildman–Crippen LogP) is -0.0719. The van der Waals surface area contributed by atoms with Crippen molar-refractivity contribution in [3.8, 4) is 0 Å². The molecule has 0 aromatic rings. The minimum absolute atomic E-state index is 0.266. The Balaban J connectivity index is 3.60. The molecular formula is C7H17N3O2. The van der Waals surface area contributed by atoms with E-state index < -0.39 is 0 Å². The Labute approximate surface area is 72.8 Å². The van der Waals surface area contributed by atoms with Crippen LogP contribution in [0.5, 0.6) is 0 Å². The van der Waals surface area contributed by atoms with E-state index >= 15 is 0 Å². The highest BCUT2D eigenvalue weighted by Crippen LogP contribution is 1.88. The Hall–Kier alpha value is -0.810. The molecule has 3 N–H and O–H groups in total. The van der Waals surface area contributed by atoms with E-state index in [0.717, 1.165) is 0 Å². The summed E-state index contributed by atoms with van der Waals surface area (Å²) in [4.78, 5) is 12.6. The van der Waals surface area contributed by atoms with Crippen LogP contribution in [0, 0.1) is 0 Å². The van der Waals surface area contributed by atoms with Crippen molar-refractivity contribution >= 4 is 6.03 Å². The third-order valence-electron chi connectivity index (χ3n) is 1.50. The summed E-state index contributed by atoms with van der Waals surface area (Å²) in [6, 6.07) is -0.266. The van der Waals surface area contributed by atoms with E-state index in [0.29, 0.717) is 26.3 Å². The number of carbonyl (C=O) groups excluding carboxylic acids is 1. The topological polar surface area (TPSA) is 67.6 Å². The van der Waals surface area contributed by atoms with Gasteiger partial charge in [-0.1, -0.05) is 0 Å². The summed E-state index contributed by atoms with van der Waals surface area (Å²) in [5, 5.41) is 0. The van der Waals surface area contributed by atoms with Gasteiger partial charge in [0.15, 0.2) is 0 Å². The maximum Gasteiger partial charge on any atom is 0.331 e. The zero-order valence-corrected chi connectivity index (χ0v) is 7.67. The Kier molecular flexibility index (Phi) is 6.41. The van der Waals surface area contributed by atoms with Crippen molar-refractivity contribution in [1.82, 2.24) is 10.3 Å². The molecule has 0 bridgehead atoms. The van der Waals surface area contributed by atoms with E-state index in [1.165, 1.54) is 0 Å². The lowest BCUT2D eigenvalue weighted by Crippen LogP contribution is -2.44. The fourth-order valence-electron chi connectivity index (χ4n) is 0.814. The quantitative estimate of drug-likeness (QED) is 0.266. The van der Waals surface area contributed by atoms with Crippen LogP contribution in [0.3, 0.4) is 0 Å². The zero-order valence-electron chi connectivity index (χ0n) is 7.67. The fourth-order valence-corrected chi connectivity index (χ4v) is 0.814. The molecule has 0 rings (SSSR count). The third-order valence-corrected chi connectivity index (χ3v) is 1.50. The number of urea groups is 1. The SMILES string of the molecule is CCOCCN(CC)C(=O)NN. The first-order valence-corrected chi connectivity index (χ1v) is 4.09. The largest absolute Gasteiger partial charge is 0.380 e. The van der Waals surface area contributed by atoms with Gasteiger partial charge in [-0.05, 0) is 13.8 Å². The minimum Gasteiger partial charge on any atom is -0.380 e. The smallest absolute Gasteiger partial charge is 0.331 e. The molecule has 0 aromatic heterocycles. The summed E-state index contributed by atoms with van der Waals surface area (Å²) in [6.45, 7) is 6.24. The molecule has 0 saturated heterocycles. The van der Waals surface area contributed by atoms with Gasteiger partial charge in [-0.15, -0.1) is 0 Å². The molecular weight excluding hydrogens is 158 g/mol. The number of carbonyl (C=O) groups is 1. The van der Waals surface area contributed by atoms with Crippen molar-refractivity contribution in [1.29, 1.82) is 0 Å². The van der Waals surface area contributed by atoms with Crippen molar-refractivity contribution in [3.63, 3.8) is 0 Å². The van der Waals surface area contributed by atoms with Gasteiger partial charge in [0.2, 0.25) is 0 Å². The standard InChI is InChI=1S/C7H17N3O2/c1-3-10(7(11)9-8)5-6-12-4-2/h3-6,8H2,1-2H3,(H,9,11). The number of nitrogens with zero attached hydrogens (tertiary/aromatic N) is 1. The lowest BCUT2D eigenvalue weighted by atomic mass is 10.5. The molecule has 0 saturated carbocycles. The van der Waals surface area contributed by atoms with Crippen LogP contribution < -0.4 is 11.3 Å². The molecule has 0 atom stereocenters. The van der Waals surface area contributed by atoms with E-state index in [2.05, 4.69) is 5.43 Å². The number of hydrogen-bond acceptors (Lipinski definition) is 3. The molecule has 0 radical (unpaired) electrons. The lowest BCUT2D eigenvalue weighted by molar-refractivity contribution is 0.120. The van der Waals surface area contributed by atoms with Gasteiger partial charge in [0.1, 0.15) is 0 Å². The number of rotatable bonds is 5. The molecule has 0 heterocycles. The normalized spacial score (nSPS) is 9.58. The van der Waals surface area contributed by atoms with Crippen molar-refractivity contribution < 1.29 is 9.53 Å². The highest BCUT2D eigenvalue weighted by Gasteiger charge is 2.07. The number of likely N-dealkylation sites (N-methyl/N-ethyl adjacent to an activating group) is 1. The monoisotopic (exact) mass is 175 g/mol. The third kappa shape index (κ3) is 4.15. The number of ether oxygens (including phenoxy) is 1. The van der Waals surface area contributed by atoms with Gasteiger partial charge in [-0.2, -0.15) is 0 Å². The number of hydrogen-bond donors (Lipinski definition) is 2. The average Bonchev–Trinajstić information content (AvgIpc) is 2.11. The van der Waals surface area contributed by atoms with Gasteiger partial charge in [-0.25, -0.2) is 10.6 Å². The lowest BCUT2D eigenvalue weighted by Gasteiger charge is -2.19. The van der Waals surface area contributed by atoms with Crippen molar-refractivity contribution in [2.45, 2.75) is 13.8 Å². The fraction of sp³-hybridized carbons (Fsp3) is 0.857. The molecule has 0 aliphatic rings. The predicted molar refractivity (Wildman–Crippen MR) is 46.5 cm³/mol. The summed E-state index contributed by atoms with van der Waals surface area (Å²) in [7, 11) is 0. The first-order chi connectivity index (χ1) is 5.76. The van der Waals surface area contributed by atoms with Gasteiger partial charge in [0, 0.05) is 19.7 Å². The van der Waals surface area contributed by atoms with Gasteiger partial charge in [0.05, 0.1) is 6.61 Å². The Bertz CT molecular complexity index is 130. The summed E-state index contributed by atoms with van der Waals surface area (Å²) in [6.07, 6.45) is 0. The number of hydrazine groups is 1. The molecule has 72 valence electrons. The first-order valence-electron chi connectivity index (χ1n) is 4.09. The Morgan fingerprint density at radius 2 is 2.25 bits per heavy atom. The average molecular weight is 175 g/mol. The maximum absolute atomic E-state index is 11.0. The maximum atomic E-state index is 11.0. The van der Waals surface area contributed by atoms with E-state index in [4.69, 9.17) is 10.6 Å². The molecule has 0 aliphatic heterocycles. The van der Waals surface area contributed by atoms with Crippen LogP contribution in [0.1, 0.15) is 13.8 Å². The van der Waals surface area contributed by atoms with Crippen molar-refractivity contribution in [2.24, 2.45) is 5.84 Å². The molecule has 2 amide bonds. The Morgan fingerprint density at radius 3 is 2.67 bits per heavy atom. The molecule has 5 nitrogen and oxygen atoms in total. The summed E-state index contributed by atoms with van der Waals surface area (Å²) >= 11 is 0. The molecule has 0 unspecified atom stereocenters. The minimum atomic E-state index is -0.266. The molecule has 0 aliphatic carbocycles. The number of nitrogens with one attached hydrogen (secondary N) is 1. The van der Waals surface area contributed by atoms with Crippen LogP contribution in [-0.4, -0.2) is 37.2 Å². The van der Waals surface area contributed by atoms with E-state index in [-0.39, 0.29) is 6.03 Å². The second-order valence-corrected chi connectivity index (χ2v) is 2.23. The van der Waals surface area contributed by atoms with Crippen LogP contribution in [0.4, 0.5) is 4.79 Å². The molecule has 5 heteroatoms. The van der Waals surface area contributed by atoms with Gasteiger partial charge in [-0.3, -0.25) is 5.43 Å². The van der Waals surface area contributed by atoms with Crippen molar-refractivity contribution in [3.05, 3.63) is 0 Å². The van der Waals surface area contributed by atoms with Crippen LogP contribution in [0.2, 0.25) is 0 Å². The molecule has 12 heavy (non-hydrogen) atoms.